The minimum Gasteiger partial charge on any atom is -0.352 e. The number of rotatable bonds is 3. The maximum Gasteiger partial charge on any atom is 0.403 e. The highest BCUT2D eigenvalue weighted by Gasteiger charge is 2.41. The number of hydrogen-bond acceptors (Lipinski definition) is 3. The monoisotopic (exact) mass is 360 g/mol. The van der Waals surface area contributed by atoms with Crippen molar-refractivity contribution in [2.45, 2.75) is 39.5 Å². The predicted molar refractivity (Wildman–Crippen MR) is 91.5 cm³/mol. The maximum absolute atomic E-state index is 12.8. The normalized spacial score (nSPS) is 18.6. The number of aromatic nitrogens is 2. The van der Waals surface area contributed by atoms with Crippen LogP contribution in [0.5, 0.6) is 0 Å². The van der Waals surface area contributed by atoms with E-state index in [4.69, 9.17) is 0 Å². The van der Waals surface area contributed by atoms with E-state index >= 15 is 0 Å². The summed E-state index contributed by atoms with van der Waals surface area (Å²) in [5, 5.41) is 7.70. The second-order valence-corrected chi connectivity index (χ2v) is 6.41. The van der Waals surface area contributed by atoms with Crippen LogP contribution >= 0.6 is 0 Å². The minimum atomic E-state index is -4.18. The Kier molecular flexibility index (Phi) is 5.97. The molecule has 1 aliphatic heterocycles. The summed E-state index contributed by atoms with van der Waals surface area (Å²) in [7, 11) is 3.59. The molecule has 0 aliphatic carbocycles. The molecule has 1 saturated heterocycles. The zero-order chi connectivity index (χ0) is 18.8. The molecule has 142 valence electrons. The number of aryl methyl sites for hydroxylation is 2. The molecule has 2 heterocycles. The van der Waals surface area contributed by atoms with Gasteiger partial charge in [0.1, 0.15) is 6.04 Å². The first kappa shape index (κ1) is 19.6. The molecular weight excluding hydrogens is 333 g/mol. The average Bonchev–Trinajstić information content (AvgIpc) is 2.80. The molecule has 9 heteroatoms. The number of piperazine rings is 1. The zero-order valence-corrected chi connectivity index (χ0v) is 15.5. The maximum atomic E-state index is 12.8. The molecule has 1 fully saturated rings. The Balaban J connectivity index is 1.93. The summed E-state index contributed by atoms with van der Waals surface area (Å²) >= 11 is 0. The highest BCUT2D eigenvalue weighted by atomic mass is 19.4. The Morgan fingerprint density at radius 3 is 2.28 bits per heavy atom. The van der Waals surface area contributed by atoms with Crippen molar-refractivity contribution < 1.29 is 13.2 Å². The molecule has 0 amide bonds. The fourth-order valence-corrected chi connectivity index (χ4v) is 3.10. The molecule has 25 heavy (non-hydrogen) atoms. The fraction of sp³-hybridized carbons (Fsp3) is 0.750. The first-order chi connectivity index (χ1) is 11.6. The van der Waals surface area contributed by atoms with Gasteiger partial charge in [-0.15, -0.1) is 0 Å². The highest BCUT2D eigenvalue weighted by molar-refractivity contribution is 5.80. The molecule has 0 saturated carbocycles. The molecule has 1 aromatic heterocycles. The van der Waals surface area contributed by atoms with Crippen molar-refractivity contribution in [3.05, 3.63) is 17.0 Å². The fourth-order valence-electron chi connectivity index (χ4n) is 3.10. The molecule has 1 N–H and O–H groups in total. The van der Waals surface area contributed by atoms with Crippen molar-refractivity contribution in [2.24, 2.45) is 12.0 Å². The lowest BCUT2D eigenvalue weighted by atomic mass is 10.2. The van der Waals surface area contributed by atoms with Crippen LogP contribution < -0.4 is 5.32 Å². The van der Waals surface area contributed by atoms with Crippen LogP contribution in [0.2, 0.25) is 0 Å². The van der Waals surface area contributed by atoms with E-state index in [-0.39, 0.29) is 0 Å². The average molecular weight is 360 g/mol. The number of nitrogens with zero attached hydrogens (tertiary/aromatic N) is 5. The SMILES string of the molecule is CN=C(NCc1c(C)nn(C)c1C)N1CCN(C(C)C(F)(F)F)CC1. The van der Waals surface area contributed by atoms with Gasteiger partial charge < -0.3 is 10.2 Å². The van der Waals surface area contributed by atoms with Gasteiger partial charge in [-0.3, -0.25) is 14.6 Å². The van der Waals surface area contributed by atoms with Gasteiger partial charge in [-0.2, -0.15) is 18.3 Å². The van der Waals surface area contributed by atoms with Crippen molar-refractivity contribution in [3.8, 4) is 0 Å². The molecule has 1 aromatic rings. The lowest BCUT2D eigenvalue weighted by molar-refractivity contribution is -0.181. The lowest BCUT2D eigenvalue weighted by Gasteiger charge is -2.39. The summed E-state index contributed by atoms with van der Waals surface area (Å²) < 4.78 is 40.4. The van der Waals surface area contributed by atoms with Crippen LogP contribution in [0.15, 0.2) is 4.99 Å². The zero-order valence-electron chi connectivity index (χ0n) is 15.5. The van der Waals surface area contributed by atoms with Crippen LogP contribution in [-0.2, 0) is 13.6 Å². The van der Waals surface area contributed by atoms with Gasteiger partial charge in [0.2, 0.25) is 0 Å². The van der Waals surface area contributed by atoms with E-state index < -0.39 is 12.2 Å². The van der Waals surface area contributed by atoms with Crippen LogP contribution in [0.25, 0.3) is 0 Å². The Bertz CT molecular complexity index is 614. The van der Waals surface area contributed by atoms with Gasteiger partial charge in [-0.05, 0) is 20.8 Å². The van der Waals surface area contributed by atoms with E-state index in [0.717, 1.165) is 17.0 Å². The molecule has 0 spiro atoms. The van der Waals surface area contributed by atoms with E-state index in [0.29, 0.717) is 38.7 Å². The van der Waals surface area contributed by atoms with Gasteiger partial charge in [-0.1, -0.05) is 0 Å². The Hall–Kier alpha value is -1.77. The summed E-state index contributed by atoms with van der Waals surface area (Å²) in [6, 6.07) is -1.41. The van der Waals surface area contributed by atoms with Crippen molar-refractivity contribution in [1.82, 2.24) is 24.9 Å². The molecule has 0 bridgehead atoms. The van der Waals surface area contributed by atoms with Crippen LogP contribution in [0.3, 0.4) is 0 Å². The van der Waals surface area contributed by atoms with E-state index in [1.807, 2.05) is 30.5 Å². The first-order valence-corrected chi connectivity index (χ1v) is 8.40. The summed E-state index contributed by atoms with van der Waals surface area (Å²) in [6.07, 6.45) is -4.18. The third-order valence-corrected chi connectivity index (χ3v) is 4.93. The molecule has 0 aromatic carbocycles. The van der Waals surface area contributed by atoms with Crippen molar-refractivity contribution >= 4 is 5.96 Å². The number of guanidine groups is 1. The van der Waals surface area contributed by atoms with E-state index in [9.17, 15) is 13.2 Å². The third kappa shape index (κ3) is 4.45. The molecule has 2 rings (SSSR count). The van der Waals surface area contributed by atoms with Gasteiger partial charge in [0.15, 0.2) is 5.96 Å². The van der Waals surface area contributed by atoms with E-state index in [1.54, 1.807) is 7.05 Å². The second-order valence-electron chi connectivity index (χ2n) is 6.41. The number of alkyl halides is 3. The highest BCUT2D eigenvalue weighted by Crippen LogP contribution is 2.25. The lowest BCUT2D eigenvalue weighted by Crippen LogP contribution is -2.56. The van der Waals surface area contributed by atoms with Gasteiger partial charge in [0.05, 0.1) is 5.69 Å². The quantitative estimate of drug-likeness (QED) is 0.658. The van der Waals surface area contributed by atoms with Crippen LogP contribution in [0.4, 0.5) is 13.2 Å². The second kappa shape index (κ2) is 7.63. The van der Waals surface area contributed by atoms with Crippen molar-refractivity contribution in [2.75, 3.05) is 33.2 Å². The molecule has 0 radical (unpaired) electrons. The van der Waals surface area contributed by atoms with E-state index in [1.165, 1.54) is 11.8 Å². The Labute approximate surface area is 146 Å². The number of nitrogens with one attached hydrogen (secondary N) is 1. The van der Waals surface area contributed by atoms with Gasteiger partial charge in [0.25, 0.3) is 0 Å². The topological polar surface area (TPSA) is 48.7 Å². The molecule has 1 unspecified atom stereocenters. The first-order valence-electron chi connectivity index (χ1n) is 8.40. The number of hydrogen-bond donors (Lipinski definition) is 1. The van der Waals surface area contributed by atoms with Crippen LogP contribution in [0.1, 0.15) is 23.9 Å². The number of aliphatic imine (C=N–C) groups is 1. The Morgan fingerprint density at radius 1 is 1.24 bits per heavy atom. The van der Waals surface area contributed by atoms with Crippen molar-refractivity contribution in [3.63, 3.8) is 0 Å². The predicted octanol–water partition coefficient (Wildman–Crippen LogP) is 1.68. The molecular formula is C16H27F3N6. The van der Waals surface area contributed by atoms with Gasteiger partial charge in [0, 0.05) is 58.1 Å². The third-order valence-electron chi connectivity index (χ3n) is 4.93. The number of halogens is 3. The van der Waals surface area contributed by atoms with E-state index in [2.05, 4.69) is 15.4 Å². The van der Waals surface area contributed by atoms with Crippen molar-refractivity contribution in [1.29, 1.82) is 0 Å². The Morgan fingerprint density at radius 2 is 1.84 bits per heavy atom. The smallest absolute Gasteiger partial charge is 0.352 e. The van der Waals surface area contributed by atoms with Crippen LogP contribution in [-0.4, -0.2) is 71.0 Å². The molecule has 1 atom stereocenters. The largest absolute Gasteiger partial charge is 0.403 e. The summed E-state index contributed by atoms with van der Waals surface area (Å²) in [4.78, 5) is 7.75. The summed E-state index contributed by atoms with van der Waals surface area (Å²) in [5.41, 5.74) is 3.17. The molecule has 6 nitrogen and oxygen atoms in total. The standard InChI is InChI=1S/C16H27F3N6/c1-11-14(12(2)23(5)22-11)10-21-15(20-4)25-8-6-24(7-9-25)13(3)16(17,18)19/h13H,6-10H2,1-5H3,(H,20,21). The van der Waals surface area contributed by atoms with Gasteiger partial charge in [-0.25, -0.2) is 0 Å². The summed E-state index contributed by atoms with van der Waals surface area (Å²) in [6.45, 7) is 7.56. The minimum absolute atomic E-state index is 0.367. The van der Waals surface area contributed by atoms with Gasteiger partial charge >= 0.3 is 6.18 Å². The summed E-state index contributed by atoms with van der Waals surface area (Å²) in [5.74, 6) is 0.710. The van der Waals surface area contributed by atoms with Crippen LogP contribution in [0, 0.1) is 13.8 Å². The molecule has 1 aliphatic rings.